The second kappa shape index (κ2) is 10.1. The van der Waals surface area contributed by atoms with Gasteiger partial charge in [-0.3, -0.25) is 0 Å². The van der Waals surface area contributed by atoms with Gasteiger partial charge in [-0.2, -0.15) is 0 Å². The zero-order valence-electron chi connectivity index (χ0n) is 15.4. The van der Waals surface area contributed by atoms with Crippen molar-refractivity contribution < 1.29 is 0 Å². The molecule has 2 heterocycles. The lowest BCUT2D eigenvalue weighted by atomic mass is 9.96. The molecule has 1 aliphatic carbocycles. The summed E-state index contributed by atoms with van der Waals surface area (Å²) < 4.78 is 0. The molecule has 0 spiro atoms. The summed E-state index contributed by atoms with van der Waals surface area (Å²) in [4.78, 5) is 16.4. The summed E-state index contributed by atoms with van der Waals surface area (Å²) in [6.07, 6.45) is 8.30. The number of allylic oxidation sites excluding steroid dienone is 2. The summed E-state index contributed by atoms with van der Waals surface area (Å²) in [6.45, 7) is 3.93. The van der Waals surface area contributed by atoms with Crippen LogP contribution < -0.4 is 11.5 Å². The van der Waals surface area contributed by atoms with Gasteiger partial charge in [-0.1, -0.05) is 54.7 Å². The highest BCUT2D eigenvalue weighted by atomic mass is 35.5. The molecule has 0 fully saturated rings. The minimum Gasteiger partial charge on any atom is -0.394 e. The Labute approximate surface area is 174 Å². The van der Waals surface area contributed by atoms with E-state index >= 15 is 0 Å². The summed E-state index contributed by atoms with van der Waals surface area (Å²) in [6, 6.07) is 0. The van der Waals surface area contributed by atoms with Gasteiger partial charge in [0.1, 0.15) is 17.3 Å². The number of aromatic nitrogens is 4. The van der Waals surface area contributed by atoms with Crippen LogP contribution in [-0.2, 0) is 12.8 Å². The van der Waals surface area contributed by atoms with E-state index in [9.17, 15) is 0 Å². The van der Waals surface area contributed by atoms with Crippen molar-refractivity contribution in [3.8, 4) is 0 Å². The van der Waals surface area contributed by atoms with Crippen LogP contribution in [0.3, 0.4) is 0 Å². The highest BCUT2D eigenvalue weighted by Gasteiger charge is 2.15. The van der Waals surface area contributed by atoms with Gasteiger partial charge in [0.05, 0.1) is 11.4 Å². The van der Waals surface area contributed by atoms with E-state index in [4.69, 9.17) is 46.3 Å². The number of rotatable bonds is 3. The lowest BCUT2D eigenvalue weighted by Gasteiger charge is -2.15. The standard InChI is InChI=1S/C12H16ClN3.C6H7Cl2N3/c1-2-9-15-11(10(14)12(13)16-9)8-6-4-3-5-7-8;1-2-3-10-5(7)4(9)6(8)11-3/h6H,2-5,7,14H2,1H3;2,9H2,1H3. The maximum atomic E-state index is 6.01. The Hall–Kier alpha value is -1.63. The fraction of sp³-hybridized carbons (Fsp3) is 0.444. The topological polar surface area (TPSA) is 104 Å². The monoisotopic (exact) mass is 428 g/mol. The fourth-order valence-electron chi connectivity index (χ4n) is 2.56. The Bertz CT molecular complexity index is 815. The van der Waals surface area contributed by atoms with Crippen LogP contribution in [0.5, 0.6) is 0 Å². The number of nitrogen functional groups attached to an aromatic ring is 2. The molecule has 0 aliphatic heterocycles. The first-order chi connectivity index (χ1) is 12.9. The third-order valence-corrected chi connectivity index (χ3v) is 4.94. The predicted molar refractivity (Wildman–Crippen MR) is 113 cm³/mol. The van der Waals surface area contributed by atoms with Gasteiger partial charge in [0.2, 0.25) is 0 Å². The molecule has 2 aromatic heterocycles. The third kappa shape index (κ3) is 5.67. The largest absolute Gasteiger partial charge is 0.394 e. The number of nitrogens with zero attached hydrogens (tertiary/aromatic N) is 4. The first kappa shape index (κ1) is 21.7. The van der Waals surface area contributed by atoms with E-state index in [1.807, 2.05) is 13.8 Å². The Morgan fingerprint density at radius 1 is 0.815 bits per heavy atom. The SMILES string of the molecule is CCc1nc(Cl)c(N)c(C2=CCCCC2)n1.CCc1nc(Cl)c(N)c(Cl)n1. The second-order valence-corrected chi connectivity index (χ2v) is 7.08. The zero-order valence-corrected chi connectivity index (χ0v) is 17.7. The number of aryl methyl sites for hydroxylation is 2. The van der Waals surface area contributed by atoms with E-state index in [1.54, 1.807) is 0 Å². The van der Waals surface area contributed by atoms with Crippen LogP contribution in [0.1, 0.15) is 56.9 Å². The van der Waals surface area contributed by atoms with E-state index in [-0.39, 0.29) is 16.0 Å². The van der Waals surface area contributed by atoms with Gasteiger partial charge in [0.15, 0.2) is 15.5 Å². The summed E-state index contributed by atoms with van der Waals surface area (Å²) >= 11 is 17.3. The van der Waals surface area contributed by atoms with Crippen LogP contribution in [0.25, 0.3) is 5.57 Å². The highest BCUT2D eigenvalue weighted by molar-refractivity contribution is 6.37. The molecule has 9 heteroatoms. The zero-order chi connectivity index (χ0) is 20.0. The molecule has 0 saturated carbocycles. The van der Waals surface area contributed by atoms with Crippen molar-refractivity contribution >= 4 is 51.8 Å². The van der Waals surface area contributed by atoms with Crippen molar-refractivity contribution in [1.82, 2.24) is 19.9 Å². The Kier molecular flexibility index (Phi) is 8.07. The summed E-state index contributed by atoms with van der Waals surface area (Å²) in [5.41, 5.74) is 14.2. The van der Waals surface area contributed by atoms with E-state index in [0.29, 0.717) is 23.1 Å². The first-order valence-electron chi connectivity index (χ1n) is 8.85. The van der Waals surface area contributed by atoms with Gasteiger partial charge in [0.25, 0.3) is 0 Å². The lowest BCUT2D eigenvalue weighted by molar-refractivity contribution is 0.738. The summed E-state index contributed by atoms with van der Waals surface area (Å²) in [5.74, 6) is 1.37. The van der Waals surface area contributed by atoms with Crippen molar-refractivity contribution in [2.75, 3.05) is 11.5 Å². The van der Waals surface area contributed by atoms with Gasteiger partial charge in [0, 0.05) is 12.8 Å². The molecule has 2 aromatic rings. The molecule has 0 atom stereocenters. The molecule has 146 valence electrons. The number of anilines is 2. The van der Waals surface area contributed by atoms with Crippen LogP contribution in [-0.4, -0.2) is 19.9 Å². The molecule has 3 rings (SSSR count). The molecule has 0 saturated heterocycles. The van der Waals surface area contributed by atoms with Gasteiger partial charge in [-0.05, 0) is 31.3 Å². The number of hydrogen-bond acceptors (Lipinski definition) is 6. The number of hydrogen-bond donors (Lipinski definition) is 2. The normalized spacial score (nSPS) is 13.6. The quantitative estimate of drug-likeness (QED) is 0.653. The minimum atomic E-state index is 0.224. The van der Waals surface area contributed by atoms with E-state index < -0.39 is 0 Å². The molecular formula is C18H23Cl3N6. The Morgan fingerprint density at radius 3 is 1.81 bits per heavy atom. The van der Waals surface area contributed by atoms with Crippen LogP contribution in [0.4, 0.5) is 11.4 Å². The van der Waals surface area contributed by atoms with Crippen LogP contribution in [0.15, 0.2) is 6.08 Å². The first-order valence-corrected chi connectivity index (χ1v) is 9.99. The van der Waals surface area contributed by atoms with Gasteiger partial charge in [-0.25, -0.2) is 19.9 Å². The van der Waals surface area contributed by atoms with Crippen LogP contribution in [0, 0.1) is 0 Å². The number of halogens is 3. The maximum Gasteiger partial charge on any atom is 0.157 e. The molecule has 27 heavy (non-hydrogen) atoms. The van der Waals surface area contributed by atoms with Crippen LogP contribution >= 0.6 is 34.8 Å². The molecule has 0 radical (unpaired) electrons. The smallest absolute Gasteiger partial charge is 0.157 e. The average molecular weight is 430 g/mol. The molecule has 1 aliphatic rings. The second-order valence-electron chi connectivity index (χ2n) is 6.01. The van der Waals surface area contributed by atoms with Crippen molar-refractivity contribution in [2.45, 2.75) is 52.4 Å². The number of nitrogens with two attached hydrogens (primary N) is 2. The molecule has 6 nitrogen and oxygen atoms in total. The van der Waals surface area contributed by atoms with Gasteiger partial charge >= 0.3 is 0 Å². The third-order valence-electron chi connectivity index (χ3n) is 4.07. The fourth-order valence-corrected chi connectivity index (χ4v) is 3.17. The molecular weight excluding hydrogens is 407 g/mol. The van der Waals surface area contributed by atoms with E-state index in [0.717, 1.165) is 30.8 Å². The molecule has 4 N–H and O–H groups in total. The minimum absolute atomic E-state index is 0.224. The Balaban J connectivity index is 0.000000208. The molecule has 0 aromatic carbocycles. The molecule has 0 unspecified atom stereocenters. The van der Waals surface area contributed by atoms with Crippen LogP contribution in [0.2, 0.25) is 15.5 Å². The van der Waals surface area contributed by atoms with E-state index in [1.165, 1.54) is 18.4 Å². The van der Waals surface area contributed by atoms with Gasteiger partial charge < -0.3 is 11.5 Å². The lowest BCUT2D eigenvalue weighted by Crippen LogP contribution is -2.06. The Morgan fingerprint density at radius 2 is 1.33 bits per heavy atom. The van der Waals surface area contributed by atoms with Crippen molar-refractivity contribution in [1.29, 1.82) is 0 Å². The highest BCUT2D eigenvalue weighted by Crippen LogP contribution is 2.31. The molecule has 0 amide bonds. The maximum absolute atomic E-state index is 6.01. The van der Waals surface area contributed by atoms with Crippen molar-refractivity contribution in [3.05, 3.63) is 38.9 Å². The average Bonchev–Trinajstić information content (AvgIpc) is 2.68. The van der Waals surface area contributed by atoms with E-state index in [2.05, 4.69) is 26.0 Å². The summed E-state index contributed by atoms with van der Waals surface area (Å²) in [7, 11) is 0. The van der Waals surface area contributed by atoms with Gasteiger partial charge in [-0.15, -0.1) is 0 Å². The van der Waals surface area contributed by atoms with Crippen molar-refractivity contribution in [2.24, 2.45) is 0 Å². The molecule has 0 bridgehead atoms. The predicted octanol–water partition coefficient (Wildman–Crippen LogP) is 5.16. The van der Waals surface area contributed by atoms with Crippen molar-refractivity contribution in [3.63, 3.8) is 0 Å². The summed E-state index contributed by atoms with van der Waals surface area (Å²) in [5, 5.41) is 0.831.